The van der Waals surface area contributed by atoms with Gasteiger partial charge in [-0.25, -0.2) is 0 Å². The first-order valence-electron chi connectivity index (χ1n) is 8.57. The summed E-state index contributed by atoms with van der Waals surface area (Å²) >= 11 is 0. The highest BCUT2D eigenvalue weighted by Gasteiger charge is 2.13. The van der Waals surface area contributed by atoms with E-state index in [1.54, 1.807) is 25.3 Å². The van der Waals surface area contributed by atoms with E-state index in [-0.39, 0.29) is 5.75 Å². The summed E-state index contributed by atoms with van der Waals surface area (Å²) in [6.07, 6.45) is 1.74. The Hall–Kier alpha value is -2.87. The fraction of sp³-hybridized carbons (Fsp3) is 0.316. The molecule has 0 bridgehead atoms. The van der Waals surface area contributed by atoms with E-state index in [4.69, 9.17) is 9.15 Å². The Kier molecular flexibility index (Phi) is 6.08. The number of alkyl halides is 2. The number of furan rings is 1. The molecule has 6 nitrogen and oxygen atoms in total. The van der Waals surface area contributed by atoms with Gasteiger partial charge in [0.2, 0.25) is 0 Å². The molecule has 144 valence electrons. The zero-order valence-electron chi connectivity index (χ0n) is 15.1. The molecule has 0 atom stereocenters. The zero-order chi connectivity index (χ0) is 19.2. The molecule has 0 unspecified atom stereocenters. The van der Waals surface area contributed by atoms with Crippen LogP contribution < -0.4 is 14.8 Å². The lowest BCUT2D eigenvalue weighted by atomic mass is 10.1. The third-order valence-corrected chi connectivity index (χ3v) is 3.87. The maximum Gasteiger partial charge on any atom is 0.387 e. The lowest BCUT2D eigenvalue weighted by Gasteiger charge is -2.13. The van der Waals surface area contributed by atoms with Crippen molar-refractivity contribution in [1.29, 1.82) is 0 Å². The van der Waals surface area contributed by atoms with Crippen LogP contribution in [0.15, 0.2) is 40.9 Å². The average molecular weight is 377 g/mol. The van der Waals surface area contributed by atoms with E-state index in [1.165, 1.54) is 6.07 Å². The number of benzene rings is 1. The van der Waals surface area contributed by atoms with Crippen LogP contribution in [-0.2, 0) is 13.1 Å². The number of aromatic amines is 1. The van der Waals surface area contributed by atoms with E-state index in [9.17, 15) is 8.78 Å². The third-order valence-electron chi connectivity index (χ3n) is 3.87. The van der Waals surface area contributed by atoms with Gasteiger partial charge in [0.15, 0.2) is 17.3 Å². The number of nitrogens with zero attached hydrogens (tertiary/aromatic N) is 1. The van der Waals surface area contributed by atoms with Crippen LogP contribution in [-0.4, -0.2) is 23.4 Å². The van der Waals surface area contributed by atoms with Gasteiger partial charge in [0.1, 0.15) is 11.5 Å². The van der Waals surface area contributed by atoms with Gasteiger partial charge in [-0.2, -0.15) is 13.9 Å². The van der Waals surface area contributed by atoms with Gasteiger partial charge in [0.05, 0.1) is 12.8 Å². The molecule has 3 aromatic rings. The monoisotopic (exact) mass is 377 g/mol. The molecule has 8 heteroatoms. The molecule has 27 heavy (non-hydrogen) atoms. The Bertz CT molecular complexity index is 877. The first-order chi connectivity index (χ1) is 13.1. The van der Waals surface area contributed by atoms with Crippen molar-refractivity contribution in [3.8, 4) is 23.0 Å². The zero-order valence-corrected chi connectivity index (χ0v) is 15.1. The first-order valence-corrected chi connectivity index (χ1v) is 8.57. The van der Waals surface area contributed by atoms with Gasteiger partial charge in [-0.3, -0.25) is 5.10 Å². The fourth-order valence-electron chi connectivity index (χ4n) is 2.69. The Morgan fingerprint density at radius 2 is 2.04 bits per heavy atom. The summed E-state index contributed by atoms with van der Waals surface area (Å²) < 4.78 is 40.5. The van der Waals surface area contributed by atoms with E-state index in [1.807, 2.05) is 19.1 Å². The summed E-state index contributed by atoms with van der Waals surface area (Å²) in [5.41, 5.74) is 2.68. The maximum atomic E-state index is 12.5. The van der Waals surface area contributed by atoms with E-state index in [2.05, 4.69) is 20.3 Å². The van der Waals surface area contributed by atoms with Crippen LogP contribution in [0.4, 0.5) is 8.78 Å². The Labute approximate surface area is 155 Å². The molecular formula is C19H21F2N3O3. The van der Waals surface area contributed by atoms with Crippen LogP contribution in [0.5, 0.6) is 11.5 Å². The number of aryl methyl sites for hydroxylation is 1. The SMILES string of the molecule is CCOc1cc(CNCc2cn[nH]c2-c2ccc(C)o2)ccc1OC(F)F. The summed E-state index contributed by atoms with van der Waals surface area (Å²) in [4.78, 5) is 0. The Morgan fingerprint density at radius 3 is 2.74 bits per heavy atom. The summed E-state index contributed by atoms with van der Waals surface area (Å²) in [5, 5.41) is 10.3. The van der Waals surface area contributed by atoms with Gasteiger partial charge in [-0.15, -0.1) is 0 Å². The van der Waals surface area contributed by atoms with Crippen LogP contribution >= 0.6 is 0 Å². The standard InChI is InChI=1S/C19H21F2N3O3/c1-3-25-17-8-13(5-7-15(17)27-19(20)21)9-22-10-14-11-23-24-18(14)16-6-4-12(2)26-16/h4-8,11,19,22H,3,9-10H2,1-2H3,(H,23,24). The fourth-order valence-corrected chi connectivity index (χ4v) is 2.69. The quantitative estimate of drug-likeness (QED) is 0.583. The highest BCUT2D eigenvalue weighted by molar-refractivity contribution is 5.56. The minimum atomic E-state index is -2.89. The van der Waals surface area contributed by atoms with Crippen molar-refractivity contribution in [3.05, 3.63) is 53.4 Å². The second-order valence-corrected chi connectivity index (χ2v) is 5.88. The summed E-state index contributed by atoms with van der Waals surface area (Å²) in [7, 11) is 0. The van der Waals surface area contributed by atoms with Crippen LogP contribution in [0.2, 0.25) is 0 Å². The van der Waals surface area contributed by atoms with Gasteiger partial charge in [-0.05, 0) is 43.7 Å². The molecule has 0 aliphatic carbocycles. The summed E-state index contributed by atoms with van der Waals surface area (Å²) in [6.45, 7) is 2.22. The molecule has 0 aliphatic rings. The van der Waals surface area contributed by atoms with Crippen LogP contribution in [0.1, 0.15) is 23.8 Å². The van der Waals surface area contributed by atoms with Crippen LogP contribution in [0, 0.1) is 6.92 Å². The second kappa shape index (κ2) is 8.68. The molecule has 0 amide bonds. The van der Waals surface area contributed by atoms with E-state index >= 15 is 0 Å². The van der Waals surface area contributed by atoms with Crippen molar-refractivity contribution in [1.82, 2.24) is 15.5 Å². The largest absolute Gasteiger partial charge is 0.490 e. The van der Waals surface area contributed by atoms with Crippen molar-refractivity contribution in [2.75, 3.05) is 6.61 Å². The highest BCUT2D eigenvalue weighted by Crippen LogP contribution is 2.30. The lowest BCUT2D eigenvalue weighted by molar-refractivity contribution is -0.0514. The number of hydrogen-bond acceptors (Lipinski definition) is 5. The van der Waals surface area contributed by atoms with Gasteiger partial charge in [0, 0.05) is 18.7 Å². The van der Waals surface area contributed by atoms with E-state index < -0.39 is 6.61 Å². The molecule has 0 saturated heterocycles. The van der Waals surface area contributed by atoms with Crippen molar-refractivity contribution in [2.45, 2.75) is 33.5 Å². The molecule has 2 heterocycles. The van der Waals surface area contributed by atoms with Gasteiger partial charge < -0.3 is 19.2 Å². The molecule has 3 rings (SSSR count). The summed E-state index contributed by atoms with van der Waals surface area (Å²) in [5.74, 6) is 1.88. The highest BCUT2D eigenvalue weighted by atomic mass is 19.3. The number of halogens is 2. The molecule has 2 N–H and O–H groups in total. The number of nitrogens with one attached hydrogen (secondary N) is 2. The molecule has 1 aromatic carbocycles. The lowest BCUT2D eigenvalue weighted by Crippen LogP contribution is -2.13. The predicted octanol–water partition coefficient (Wildman–Crippen LogP) is 4.27. The van der Waals surface area contributed by atoms with Crippen molar-refractivity contribution >= 4 is 0 Å². The molecule has 0 radical (unpaired) electrons. The van der Waals surface area contributed by atoms with E-state index in [0.717, 1.165) is 28.3 Å². The normalized spacial score (nSPS) is 11.1. The second-order valence-electron chi connectivity index (χ2n) is 5.88. The molecule has 2 aromatic heterocycles. The average Bonchev–Trinajstić information content (AvgIpc) is 3.25. The first kappa shape index (κ1) is 18.9. The molecule has 0 spiro atoms. The van der Waals surface area contributed by atoms with E-state index in [0.29, 0.717) is 25.4 Å². The van der Waals surface area contributed by atoms with Crippen LogP contribution in [0.25, 0.3) is 11.5 Å². The van der Waals surface area contributed by atoms with Crippen molar-refractivity contribution in [3.63, 3.8) is 0 Å². The smallest absolute Gasteiger partial charge is 0.387 e. The number of ether oxygens (including phenoxy) is 2. The van der Waals surface area contributed by atoms with Crippen molar-refractivity contribution in [2.24, 2.45) is 0 Å². The number of hydrogen-bond donors (Lipinski definition) is 2. The number of H-pyrrole nitrogens is 1. The van der Waals surface area contributed by atoms with Crippen molar-refractivity contribution < 1.29 is 22.7 Å². The number of aromatic nitrogens is 2. The Balaban J connectivity index is 1.64. The van der Waals surface area contributed by atoms with Gasteiger partial charge in [0.25, 0.3) is 0 Å². The molecule has 0 aliphatic heterocycles. The number of rotatable bonds is 9. The Morgan fingerprint density at radius 1 is 1.19 bits per heavy atom. The van der Waals surface area contributed by atoms with Crippen LogP contribution in [0.3, 0.4) is 0 Å². The minimum Gasteiger partial charge on any atom is -0.490 e. The van der Waals surface area contributed by atoms with Gasteiger partial charge in [-0.1, -0.05) is 6.07 Å². The molecule has 0 saturated carbocycles. The topological polar surface area (TPSA) is 72.3 Å². The maximum absolute atomic E-state index is 12.5. The molecule has 0 fully saturated rings. The predicted molar refractivity (Wildman–Crippen MR) is 95.8 cm³/mol. The third kappa shape index (κ3) is 4.85. The molecular weight excluding hydrogens is 356 g/mol. The van der Waals surface area contributed by atoms with Gasteiger partial charge >= 0.3 is 6.61 Å². The minimum absolute atomic E-state index is 0.0286. The summed E-state index contributed by atoms with van der Waals surface area (Å²) in [6, 6.07) is 8.69.